The monoisotopic (exact) mass is 177 g/mol. The molecule has 1 saturated carbocycles. The molecule has 1 aliphatic carbocycles. The Morgan fingerprint density at radius 1 is 1.36 bits per heavy atom. The van der Waals surface area contributed by atoms with Crippen molar-refractivity contribution < 1.29 is 8.42 Å². The molecule has 0 aromatic carbocycles. The van der Waals surface area contributed by atoms with Gasteiger partial charge in [-0.25, -0.2) is 8.42 Å². The van der Waals surface area contributed by atoms with Crippen molar-refractivity contribution in [3.05, 3.63) is 0 Å². The average molecular weight is 177 g/mol. The van der Waals surface area contributed by atoms with E-state index in [1.54, 1.807) is 0 Å². The lowest BCUT2D eigenvalue weighted by molar-refractivity contribution is 0.590. The normalized spacial score (nSPS) is 18.6. The third kappa shape index (κ3) is 3.72. The van der Waals surface area contributed by atoms with Gasteiger partial charge in [-0.3, -0.25) is 0 Å². The highest BCUT2D eigenvalue weighted by Crippen LogP contribution is 2.30. The first-order valence-electron chi connectivity index (χ1n) is 4.04. The minimum absolute atomic E-state index is 0.278. The van der Waals surface area contributed by atoms with E-state index in [0.29, 0.717) is 24.6 Å². The molecule has 2 N–H and O–H groups in total. The molecule has 0 amide bonds. The molecule has 0 aliphatic heterocycles. The molecule has 1 aliphatic rings. The predicted molar refractivity (Wildman–Crippen MR) is 45.0 cm³/mol. The van der Waals surface area contributed by atoms with Crippen LogP contribution in [0.25, 0.3) is 0 Å². The van der Waals surface area contributed by atoms with Crippen molar-refractivity contribution in [1.29, 1.82) is 0 Å². The van der Waals surface area contributed by atoms with Gasteiger partial charge in [-0.05, 0) is 31.7 Å². The van der Waals surface area contributed by atoms with Gasteiger partial charge in [0.05, 0.1) is 11.5 Å². The highest BCUT2D eigenvalue weighted by molar-refractivity contribution is 7.91. The van der Waals surface area contributed by atoms with E-state index in [9.17, 15) is 8.42 Å². The van der Waals surface area contributed by atoms with E-state index in [-0.39, 0.29) is 5.75 Å². The highest BCUT2D eigenvalue weighted by Gasteiger charge is 2.27. The van der Waals surface area contributed by atoms with Crippen molar-refractivity contribution >= 4 is 9.84 Å². The van der Waals surface area contributed by atoms with Gasteiger partial charge in [-0.2, -0.15) is 0 Å². The fraction of sp³-hybridized carbons (Fsp3) is 1.00. The van der Waals surface area contributed by atoms with Crippen LogP contribution in [0.15, 0.2) is 0 Å². The van der Waals surface area contributed by atoms with Crippen LogP contribution in [0, 0.1) is 5.92 Å². The quantitative estimate of drug-likeness (QED) is 0.650. The van der Waals surface area contributed by atoms with Gasteiger partial charge in [-0.1, -0.05) is 0 Å². The number of nitrogens with two attached hydrogens (primary N) is 1. The summed E-state index contributed by atoms with van der Waals surface area (Å²) < 4.78 is 22.4. The van der Waals surface area contributed by atoms with E-state index in [2.05, 4.69) is 0 Å². The van der Waals surface area contributed by atoms with Crippen LogP contribution in [0.5, 0.6) is 0 Å². The molecular weight excluding hydrogens is 162 g/mol. The van der Waals surface area contributed by atoms with E-state index in [4.69, 9.17) is 5.73 Å². The van der Waals surface area contributed by atoms with Gasteiger partial charge in [0.2, 0.25) is 0 Å². The fourth-order valence-electron chi connectivity index (χ4n) is 1.03. The molecule has 0 heterocycles. The average Bonchev–Trinajstić information content (AvgIpc) is 2.67. The SMILES string of the molecule is NCCCS(=O)(=O)CC1CC1. The second-order valence-electron chi connectivity index (χ2n) is 3.20. The largest absolute Gasteiger partial charge is 0.330 e. The van der Waals surface area contributed by atoms with E-state index < -0.39 is 9.84 Å². The molecule has 0 radical (unpaired) electrons. The fourth-order valence-corrected chi connectivity index (χ4v) is 2.85. The second kappa shape index (κ2) is 3.54. The minimum atomic E-state index is -2.76. The zero-order valence-electron chi connectivity index (χ0n) is 6.62. The lowest BCUT2D eigenvalue weighted by atomic mass is 10.5. The first-order chi connectivity index (χ1) is 5.14. The van der Waals surface area contributed by atoms with Crippen molar-refractivity contribution in [3.63, 3.8) is 0 Å². The Labute approximate surface area is 67.9 Å². The third-order valence-electron chi connectivity index (χ3n) is 1.85. The van der Waals surface area contributed by atoms with Crippen LogP contribution in [0.2, 0.25) is 0 Å². The van der Waals surface area contributed by atoms with Crippen molar-refractivity contribution in [3.8, 4) is 0 Å². The summed E-state index contributed by atoms with van der Waals surface area (Å²) in [7, 11) is -2.76. The maximum Gasteiger partial charge on any atom is 0.150 e. The Balaban J connectivity index is 2.26. The van der Waals surface area contributed by atoms with Crippen LogP contribution in [0.1, 0.15) is 19.3 Å². The van der Waals surface area contributed by atoms with Gasteiger partial charge in [0, 0.05) is 0 Å². The van der Waals surface area contributed by atoms with E-state index >= 15 is 0 Å². The Hall–Kier alpha value is -0.0900. The van der Waals surface area contributed by atoms with Crippen LogP contribution < -0.4 is 5.73 Å². The van der Waals surface area contributed by atoms with Crippen LogP contribution in [-0.4, -0.2) is 26.5 Å². The second-order valence-corrected chi connectivity index (χ2v) is 5.43. The van der Waals surface area contributed by atoms with Crippen LogP contribution in [0.3, 0.4) is 0 Å². The molecule has 0 bridgehead atoms. The maximum atomic E-state index is 11.2. The predicted octanol–water partition coefficient (Wildman–Crippen LogP) is 0.160. The molecule has 0 aromatic heterocycles. The Kier molecular flexibility index (Phi) is 2.90. The minimum Gasteiger partial charge on any atom is -0.330 e. The number of hydrogen-bond acceptors (Lipinski definition) is 3. The zero-order valence-corrected chi connectivity index (χ0v) is 7.44. The topological polar surface area (TPSA) is 60.2 Å². The molecule has 0 aromatic rings. The molecule has 0 saturated heterocycles. The molecule has 4 heteroatoms. The summed E-state index contributed by atoms with van der Waals surface area (Å²) in [5, 5.41) is 0. The molecule has 66 valence electrons. The van der Waals surface area contributed by atoms with Gasteiger partial charge in [0.15, 0.2) is 9.84 Å². The van der Waals surface area contributed by atoms with Crippen molar-refractivity contribution in [2.75, 3.05) is 18.1 Å². The molecular formula is C7H15NO2S. The summed E-state index contributed by atoms with van der Waals surface area (Å²) in [5.41, 5.74) is 5.22. The standard InChI is InChI=1S/C7H15NO2S/c8-4-1-5-11(9,10)6-7-2-3-7/h7H,1-6,8H2. The van der Waals surface area contributed by atoms with Crippen LogP contribution >= 0.6 is 0 Å². The van der Waals surface area contributed by atoms with Crippen molar-refractivity contribution in [2.24, 2.45) is 11.7 Å². The third-order valence-corrected chi connectivity index (χ3v) is 3.74. The summed E-state index contributed by atoms with van der Waals surface area (Å²) in [5.74, 6) is 1.14. The summed E-state index contributed by atoms with van der Waals surface area (Å²) in [4.78, 5) is 0. The van der Waals surface area contributed by atoms with E-state index in [0.717, 1.165) is 12.8 Å². The number of sulfone groups is 1. The molecule has 1 rings (SSSR count). The first kappa shape index (κ1) is 9.00. The number of rotatable bonds is 5. The van der Waals surface area contributed by atoms with Gasteiger partial charge >= 0.3 is 0 Å². The van der Waals surface area contributed by atoms with Crippen LogP contribution in [-0.2, 0) is 9.84 Å². The Morgan fingerprint density at radius 2 is 2.00 bits per heavy atom. The van der Waals surface area contributed by atoms with Crippen LogP contribution in [0.4, 0.5) is 0 Å². The van der Waals surface area contributed by atoms with Gasteiger partial charge in [-0.15, -0.1) is 0 Å². The van der Waals surface area contributed by atoms with Gasteiger partial charge in [0.1, 0.15) is 0 Å². The molecule has 0 spiro atoms. The Bertz CT molecular complexity index is 206. The van der Waals surface area contributed by atoms with Gasteiger partial charge in [0.25, 0.3) is 0 Å². The zero-order chi connectivity index (χ0) is 8.32. The van der Waals surface area contributed by atoms with E-state index in [1.165, 1.54) is 0 Å². The maximum absolute atomic E-state index is 11.2. The lowest BCUT2D eigenvalue weighted by Gasteiger charge is -2.00. The molecule has 1 fully saturated rings. The molecule has 3 nitrogen and oxygen atoms in total. The number of hydrogen-bond donors (Lipinski definition) is 1. The summed E-state index contributed by atoms with van der Waals surface area (Å²) in [6.07, 6.45) is 2.80. The lowest BCUT2D eigenvalue weighted by Crippen LogP contribution is -2.15. The smallest absolute Gasteiger partial charge is 0.150 e. The molecule has 11 heavy (non-hydrogen) atoms. The Morgan fingerprint density at radius 3 is 2.45 bits per heavy atom. The van der Waals surface area contributed by atoms with Crippen molar-refractivity contribution in [2.45, 2.75) is 19.3 Å². The summed E-state index contributed by atoms with van der Waals surface area (Å²) in [6, 6.07) is 0. The molecule has 0 unspecified atom stereocenters. The highest BCUT2D eigenvalue weighted by atomic mass is 32.2. The van der Waals surface area contributed by atoms with E-state index in [1.807, 2.05) is 0 Å². The summed E-state index contributed by atoms with van der Waals surface area (Å²) >= 11 is 0. The first-order valence-corrected chi connectivity index (χ1v) is 5.87. The van der Waals surface area contributed by atoms with Crippen molar-refractivity contribution in [1.82, 2.24) is 0 Å². The molecule has 0 atom stereocenters. The summed E-state index contributed by atoms with van der Waals surface area (Å²) in [6.45, 7) is 0.476. The van der Waals surface area contributed by atoms with Gasteiger partial charge < -0.3 is 5.73 Å².